The third-order valence-electron chi connectivity index (χ3n) is 8.18. The molecular weight excluding hydrogens is 546 g/mol. The minimum absolute atomic E-state index is 0.0757. The standard InChI is InChI=1S/C30H47N3O5S2/c1-8-33(40(35,36)30-21(2)18-26(37-7)22(3)23(30)4)15-16-38-20-28(34)31-19-24-11-13-25(14-12-24)29(32(5)6)27-10-9-17-39-27/h9-10,17-18,24-25,29H,8,11-16,19-20H2,1-7H3,(H,31,34). The number of likely N-dealkylation sites (N-methyl/N-ethyl adjacent to an activating group) is 1. The summed E-state index contributed by atoms with van der Waals surface area (Å²) in [5.41, 5.74) is 2.15. The van der Waals surface area contributed by atoms with Gasteiger partial charge in [0, 0.05) is 30.6 Å². The highest BCUT2D eigenvalue weighted by atomic mass is 32.2. The number of thiophene rings is 1. The third kappa shape index (κ3) is 7.85. The van der Waals surface area contributed by atoms with Gasteiger partial charge in [0.2, 0.25) is 15.9 Å². The van der Waals surface area contributed by atoms with E-state index >= 15 is 0 Å². The Morgan fingerprint density at radius 3 is 2.42 bits per heavy atom. The molecule has 1 amide bonds. The predicted octanol–water partition coefficient (Wildman–Crippen LogP) is 4.93. The minimum Gasteiger partial charge on any atom is -0.496 e. The van der Waals surface area contributed by atoms with E-state index in [1.807, 2.05) is 25.2 Å². The number of carbonyl (C=O) groups is 1. The number of hydrogen-bond acceptors (Lipinski definition) is 7. The summed E-state index contributed by atoms with van der Waals surface area (Å²) in [7, 11) is 2.18. The SMILES string of the molecule is CCN(CCOCC(=O)NCC1CCC(C(c2cccs2)N(C)C)CC1)S(=O)(=O)c1c(C)cc(OC)c(C)c1C. The molecule has 1 aliphatic carbocycles. The van der Waals surface area contributed by atoms with Crippen LogP contribution in [-0.4, -0.2) is 77.6 Å². The van der Waals surface area contributed by atoms with Gasteiger partial charge in [0.15, 0.2) is 0 Å². The lowest BCUT2D eigenvalue weighted by Crippen LogP contribution is -2.37. The lowest BCUT2D eigenvalue weighted by molar-refractivity contribution is -0.126. The van der Waals surface area contributed by atoms with Crippen LogP contribution in [0, 0.1) is 32.6 Å². The normalized spacial score (nSPS) is 18.7. The zero-order valence-corrected chi connectivity index (χ0v) is 26.8. The summed E-state index contributed by atoms with van der Waals surface area (Å²) in [6, 6.07) is 6.58. The van der Waals surface area contributed by atoms with E-state index in [0.29, 0.717) is 52.7 Å². The summed E-state index contributed by atoms with van der Waals surface area (Å²) >= 11 is 1.83. The molecule has 0 bridgehead atoms. The molecule has 3 rings (SSSR count). The van der Waals surface area contributed by atoms with Gasteiger partial charge in [-0.15, -0.1) is 11.3 Å². The van der Waals surface area contributed by atoms with Gasteiger partial charge >= 0.3 is 0 Å². The van der Waals surface area contributed by atoms with Gasteiger partial charge in [-0.1, -0.05) is 13.0 Å². The van der Waals surface area contributed by atoms with Crippen LogP contribution < -0.4 is 10.1 Å². The van der Waals surface area contributed by atoms with Crippen LogP contribution in [0.25, 0.3) is 0 Å². The minimum atomic E-state index is -3.72. The Hall–Kier alpha value is -1.98. The largest absolute Gasteiger partial charge is 0.496 e. The average molecular weight is 594 g/mol. The molecule has 0 spiro atoms. The van der Waals surface area contributed by atoms with Crippen LogP contribution in [-0.2, 0) is 19.6 Å². The molecule has 8 nitrogen and oxygen atoms in total. The monoisotopic (exact) mass is 593 g/mol. The molecule has 224 valence electrons. The first-order valence-electron chi connectivity index (χ1n) is 14.2. The number of rotatable bonds is 14. The van der Waals surface area contributed by atoms with Crippen molar-refractivity contribution in [1.82, 2.24) is 14.5 Å². The summed E-state index contributed by atoms with van der Waals surface area (Å²) in [6.45, 7) is 8.48. The number of amides is 1. The smallest absolute Gasteiger partial charge is 0.246 e. The van der Waals surface area contributed by atoms with Gasteiger partial charge in [-0.25, -0.2) is 8.42 Å². The second-order valence-corrected chi connectivity index (χ2v) is 13.9. The zero-order valence-electron chi connectivity index (χ0n) is 25.2. The van der Waals surface area contributed by atoms with Crippen LogP contribution in [0.5, 0.6) is 5.75 Å². The first-order valence-corrected chi connectivity index (χ1v) is 16.5. The van der Waals surface area contributed by atoms with Gasteiger partial charge in [-0.3, -0.25) is 4.79 Å². The molecule has 40 heavy (non-hydrogen) atoms. The fourth-order valence-corrected chi connectivity index (χ4v) is 8.86. The van der Waals surface area contributed by atoms with Crippen molar-refractivity contribution in [3.63, 3.8) is 0 Å². The third-order valence-corrected chi connectivity index (χ3v) is 11.4. The van der Waals surface area contributed by atoms with E-state index in [9.17, 15) is 13.2 Å². The van der Waals surface area contributed by atoms with E-state index in [1.165, 1.54) is 9.18 Å². The van der Waals surface area contributed by atoms with Gasteiger partial charge in [-0.2, -0.15) is 4.31 Å². The zero-order chi connectivity index (χ0) is 29.4. The molecule has 0 saturated heterocycles. The second kappa shape index (κ2) is 14.8. The Morgan fingerprint density at radius 1 is 1.15 bits per heavy atom. The van der Waals surface area contributed by atoms with Crippen LogP contribution in [0.1, 0.15) is 60.2 Å². The maximum absolute atomic E-state index is 13.5. The summed E-state index contributed by atoms with van der Waals surface area (Å²) in [6.07, 6.45) is 4.53. The maximum Gasteiger partial charge on any atom is 0.246 e. The molecule has 2 aromatic rings. The van der Waals surface area contributed by atoms with Crippen LogP contribution >= 0.6 is 11.3 Å². The van der Waals surface area contributed by atoms with Crippen molar-refractivity contribution in [1.29, 1.82) is 0 Å². The predicted molar refractivity (Wildman–Crippen MR) is 162 cm³/mol. The van der Waals surface area contributed by atoms with Crippen molar-refractivity contribution in [3.05, 3.63) is 45.1 Å². The lowest BCUT2D eigenvalue weighted by Gasteiger charge is -2.37. The number of nitrogens with zero attached hydrogens (tertiary/aromatic N) is 2. The van der Waals surface area contributed by atoms with E-state index in [1.54, 1.807) is 27.0 Å². The summed E-state index contributed by atoms with van der Waals surface area (Å²) in [4.78, 5) is 16.5. The Bertz CT molecular complexity index is 1210. The van der Waals surface area contributed by atoms with Crippen molar-refractivity contribution >= 4 is 27.3 Å². The molecule has 10 heteroatoms. The van der Waals surface area contributed by atoms with Gasteiger partial charge in [0.1, 0.15) is 12.4 Å². The molecule has 0 aliphatic heterocycles. The summed E-state index contributed by atoms with van der Waals surface area (Å²) in [5.74, 6) is 1.63. The summed E-state index contributed by atoms with van der Waals surface area (Å²) < 4.78 is 39.3. The molecule has 1 aliphatic rings. The Labute approximate surface area is 245 Å². The van der Waals surface area contributed by atoms with E-state index in [0.717, 1.165) is 31.2 Å². The highest BCUT2D eigenvalue weighted by Crippen LogP contribution is 2.40. The van der Waals surface area contributed by atoms with E-state index < -0.39 is 10.0 Å². The Balaban J connectivity index is 1.43. The van der Waals surface area contributed by atoms with Crippen molar-refractivity contribution in [2.75, 3.05) is 54.1 Å². The fourth-order valence-electron chi connectivity index (χ4n) is 5.92. The highest BCUT2D eigenvalue weighted by Gasteiger charge is 2.31. The second-order valence-electron chi connectivity index (χ2n) is 11.0. The molecule has 1 saturated carbocycles. The molecule has 1 unspecified atom stereocenters. The van der Waals surface area contributed by atoms with Crippen molar-refractivity contribution in [2.45, 2.75) is 64.3 Å². The van der Waals surface area contributed by atoms with E-state index in [2.05, 4.69) is 41.8 Å². The number of carbonyl (C=O) groups excluding carboxylic acids is 1. The molecule has 1 N–H and O–H groups in total. The van der Waals surface area contributed by atoms with Gasteiger partial charge in [0.25, 0.3) is 0 Å². The van der Waals surface area contributed by atoms with Crippen molar-refractivity contribution < 1.29 is 22.7 Å². The number of nitrogens with one attached hydrogen (secondary N) is 1. The first kappa shape index (κ1) is 32.5. The van der Waals surface area contributed by atoms with Gasteiger partial charge < -0.3 is 19.7 Å². The van der Waals surface area contributed by atoms with Crippen LogP contribution in [0.4, 0.5) is 0 Å². The molecule has 1 aromatic heterocycles. The molecule has 1 fully saturated rings. The lowest BCUT2D eigenvalue weighted by atomic mass is 9.77. The quantitative estimate of drug-likeness (QED) is 0.313. The average Bonchev–Trinajstić information content (AvgIpc) is 3.44. The summed E-state index contributed by atoms with van der Waals surface area (Å²) in [5, 5.41) is 5.17. The number of benzene rings is 1. The Morgan fingerprint density at radius 2 is 1.85 bits per heavy atom. The number of sulfonamides is 1. The van der Waals surface area contributed by atoms with Crippen LogP contribution in [0.15, 0.2) is 28.5 Å². The highest BCUT2D eigenvalue weighted by molar-refractivity contribution is 7.89. The van der Waals surface area contributed by atoms with Gasteiger partial charge in [-0.05, 0) is 107 Å². The number of ether oxygens (including phenoxy) is 2. The van der Waals surface area contributed by atoms with Crippen molar-refractivity contribution in [2.24, 2.45) is 11.8 Å². The number of hydrogen-bond donors (Lipinski definition) is 1. The Kier molecular flexibility index (Phi) is 12.0. The molecule has 1 atom stereocenters. The molecule has 1 heterocycles. The van der Waals surface area contributed by atoms with Gasteiger partial charge in [0.05, 0.1) is 18.6 Å². The number of methoxy groups -OCH3 is 1. The van der Waals surface area contributed by atoms with Crippen LogP contribution in [0.2, 0.25) is 0 Å². The van der Waals surface area contributed by atoms with Crippen LogP contribution in [0.3, 0.4) is 0 Å². The number of aryl methyl sites for hydroxylation is 1. The maximum atomic E-state index is 13.5. The molecule has 1 aromatic carbocycles. The first-order chi connectivity index (χ1) is 19.0. The topological polar surface area (TPSA) is 88.2 Å². The van der Waals surface area contributed by atoms with E-state index in [-0.39, 0.29) is 25.7 Å². The molecular formula is C30H47N3O5S2. The fraction of sp³-hybridized carbons (Fsp3) is 0.633. The van der Waals surface area contributed by atoms with Crippen molar-refractivity contribution in [3.8, 4) is 5.75 Å². The van der Waals surface area contributed by atoms with E-state index in [4.69, 9.17) is 9.47 Å². The molecule has 0 radical (unpaired) electrons.